The van der Waals surface area contributed by atoms with Gasteiger partial charge in [0.05, 0.1) is 34.7 Å². The Morgan fingerprint density at radius 3 is 2.65 bits per heavy atom. The maximum absolute atomic E-state index is 16.0. The van der Waals surface area contributed by atoms with Crippen LogP contribution < -0.4 is 4.90 Å². The molecule has 0 bridgehead atoms. The van der Waals surface area contributed by atoms with E-state index in [1.54, 1.807) is 6.07 Å². The molecule has 1 aromatic carbocycles. The number of nitrogens with zero attached hydrogens (tertiary/aromatic N) is 6. The molecular formula is C22H20F4N6O2. The van der Waals surface area contributed by atoms with Crippen LogP contribution in [0.2, 0.25) is 0 Å². The molecule has 0 aliphatic carbocycles. The van der Waals surface area contributed by atoms with E-state index in [1.165, 1.54) is 0 Å². The summed E-state index contributed by atoms with van der Waals surface area (Å²) in [6.45, 7) is 4.66. The first-order valence-corrected chi connectivity index (χ1v) is 10.8. The minimum absolute atomic E-state index is 0.0329. The molecule has 0 N–H and O–H groups in total. The highest BCUT2D eigenvalue weighted by Gasteiger charge is 2.52. The van der Waals surface area contributed by atoms with Gasteiger partial charge in [-0.1, -0.05) is 5.16 Å². The van der Waals surface area contributed by atoms with Crippen LogP contribution in [0.25, 0.3) is 16.8 Å². The van der Waals surface area contributed by atoms with Crippen molar-refractivity contribution in [3.8, 4) is 5.82 Å². The molecule has 3 atom stereocenters. The third-order valence-electron chi connectivity index (χ3n) is 6.70. The normalized spacial score (nSPS) is 25.7. The Bertz CT molecular complexity index is 1330. The summed E-state index contributed by atoms with van der Waals surface area (Å²) in [6.07, 6.45) is 0.933. The van der Waals surface area contributed by atoms with Crippen molar-refractivity contribution in [3.63, 3.8) is 0 Å². The molecular weight excluding hydrogens is 456 g/mol. The average molecular weight is 476 g/mol. The minimum Gasteiger partial charge on any atom is -0.372 e. The smallest absolute Gasteiger partial charge is 0.372 e. The third kappa shape index (κ3) is 3.00. The van der Waals surface area contributed by atoms with Crippen LogP contribution in [0.1, 0.15) is 25.1 Å². The fourth-order valence-corrected chi connectivity index (χ4v) is 5.55. The molecule has 178 valence electrons. The molecule has 5 heterocycles. The quantitative estimate of drug-likeness (QED) is 0.499. The lowest BCUT2D eigenvalue weighted by molar-refractivity contribution is -0.140. The zero-order chi connectivity index (χ0) is 23.8. The number of morpholine rings is 1. The molecule has 0 amide bonds. The van der Waals surface area contributed by atoms with E-state index in [1.807, 2.05) is 31.2 Å². The molecule has 1 fully saturated rings. The van der Waals surface area contributed by atoms with Gasteiger partial charge < -0.3 is 14.2 Å². The molecule has 0 unspecified atom stereocenters. The summed E-state index contributed by atoms with van der Waals surface area (Å²) in [5.41, 5.74) is -0.746. The first kappa shape index (κ1) is 21.3. The van der Waals surface area contributed by atoms with Gasteiger partial charge in [-0.2, -0.15) is 13.2 Å². The number of benzene rings is 1. The molecule has 2 aromatic heterocycles. The van der Waals surface area contributed by atoms with E-state index in [2.05, 4.69) is 20.1 Å². The second kappa shape index (κ2) is 7.11. The summed E-state index contributed by atoms with van der Waals surface area (Å²) in [5.74, 6) is -0.571. The monoisotopic (exact) mass is 476 g/mol. The van der Waals surface area contributed by atoms with Crippen LogP contribution in [-0.2, 0) is 17.3 Å². The van der Waals surface area contributed by atoms with Crippen molar-refractivity contribution in [2.45, 2.75) is 44.7 Å². The van der Waals surface area contributed by atoms with Gasteiger partial charge in [-0.3, -0.25) is 14.6 Å². The zero-order valence-electron chi connectivity index (χ0n) is 18.3. The van der Waals surface area contributed by atoms with Crippen LogP contribution in [0.15, 0.2) is 33.1 Å². The molecule has 0 saturated carbocycles. The molecule has 12 heteroatoms. The van der Waals surface area contributed by atoms with E-state index in [4.69, 9.17) is 9.26 Å². The maximum atomic E-state index is 16.0. The number of rotatable bonds is 1. The molecule has 1 spiro atoms. The number of ether oxygens (including phenoxy) is 1. The van der Waals surface area contributed by atoms with Gasteiger partial charge in [0.1, 0.15) is 13.0 Å². The van der Waals surface area contributed by atoms with E-state index in [0.29, 0.717) is 30.9 Å². The fraction of sp³-hybridized carbons (Fsp3) is 0.455. The minimum atomic E-state index is -4.61. The summed E-state index contributed by atoms with van der Waals surface area (Å²) in [5, 5.41) is 4.13. The van der Waals surface area contributed by atoms with E-state index in [9.17, 15) is 13.2 Å². The summed E-state index contributed by atoms with van der Waals surface area (Å²) >= 11 is 0. The van der Waals surface area contributed by atoms with Crippen molar-refractivity contribution in [1.82, 2.24) is 14.7 Å². The SMILES string of the molecule is C[C@H]1CN2c3c(cc4c(-n5cnc(C(F)(F)F)c5)noc4c3F)CC3(C=NCN=C3)[C@@H]2[C@@H](C)O1. The summed E-state index contributed by atoms with van der Waals surface area (Å²) < 4.78 is 67.6. The summed E-state index contributed by atoms with van der Waals surface area (Å²) in [7, 11) is 0. The number of alkyl halides is 3. The van der Waals surface area contributed by atoms with Gasteiger partial charge >= 0.3 is 6.18 Å². The average Bonchev–Trinajstić information content (AvgIpc) is 3.40. The number of hydrogen-bond acceptors (Lipinski definition) is 7. The lowest BCUT2D eigenvalue weighted by atomic mass is 9.69. The lowest BCUT2D eigenvalue weighted by Gasteiger charge is -2.54. The van der Waals surface area contributed by atoms with Crippen LogP contribution in [0.5, 0.6) is 0 Å². The van der Waals surface area contributed by atoms with E-state index >= 15 is 4.39 Å². The predicted octanol–water partition coefficient (Wildman–Crippen LogP) is 3.81. The first-order valence-electron chi connectivity index (χ1n) is 10.8. The molecule has 6 rings (SSSR count). The van der Waals surface area contributed by atoms with Crippen molar-refractivity contribution >= 4 is 29.1 Å². The van der Waals surface area contributed by atoms with Crippen molar-refractivity contribution in [2.24, 2.45) is 15.4 Å². The van der Waals surface area contributed by atoms with Gasteiger partial charge in [-0.05, 0) is 31.9 Å². The van der Waals surface area contributed by atoms with E-state index < -0.39 is 23.1 Å². The summed E-state index contributed by atoms with van der Waals surface area (Å²) in [4.78, 5) is 14.2. The van der Waals surface area contributed by atoms with Crippen molar-refractivity contribution in [2.75, 3.05) is 18.1 Å². The Morgan fingerprint density at radius 1 is 1.18 bits per heavy atom. The fourth-order valence-electron chi connectivity index (χ4n) is 5.55. The molecule has 8 nitrogen and oxygen atoms in total. The van der Waals surface area contributed by atoms with E-state index in [-0.39, 0.29) is 35.0 Å². The second-order valence-corrected chi connectivity index (χ2v) is 9.05. The molecule has 1 saturated heterocycles. The van der Waals surface area contributed by atoms with Gasteiger partial charge in [-0.25, -0.2) is 9.37 Å². The molecule has 3 aliphatic rings. The number of anilines is 1. The number of aromatic nitrogens is 3. The van der Waals surface area contributed by atoms with E-state index in [0.717, 1.165) is 17.1 Å². The van der Waals surface area contributed by atoms with Crippen LogP contribution in [0, 0.1) is 11.2 Å². The highest BCUT2D eigenvalue weighted by atomic mass is 19.4. The van der Waals surface area contributed by atoms with Gasteiger partial charge in [0, 0.05) is 25.2 Å². The third-order valence-corrected chi connectivity index (χ3v) is 6.70. The Hall–Kier alpha value is -3.28. The topological polar surface area (TPSA) is 81.0 Å². The summed E-state index contributed by atoms with van der Waals surface area (Å²) in [6, 6.07) is 1.49. The van der Waals surface area contributed by atoms with Crippen molar-refractivity contribution in [1.29, 1.82) is 0 Å². The van der Waals surface area contributed by atoms with Gasteiger partial charge in [-0.15, -0.1) is 0 Å². The maximum Gasteiger partial charge on any atom is 0.434 e. The largest absolute Gasteiger partial charge is 0.434 e. The number of fused-ring (bicyclic) bond motifs is 5. The number of aliphatic imine (C=N–C) groups is 2. The Kier molecular flexibility index (Phi) is 4.45. The van der Waals surface area contributed by atoms with Crippen LogP contribution in [0.3, 0.4) is 0 Å². The molecule has 3 aromatic rings. The predicted molar refractivity (Wildman–Crippen MR) is 115 cm³/mol. The number of hydrogen-bond donors (Lipinski definition) is 0. The van der Waals surface area contributed by atoms with Crippen LogP contribution >= 0.6 is 0 Å². The van der Waals surface area contributed by atoms with Crippen LogP contribution in [-0.4, -0.2) is 58.6 Å². The lowest BCUT2D eigenvalue weighted by Crippen LogP contribution is -2.65. The van der Waals surface area contributed by atoms with Crippen LogP contribution in [0.4, 0.5) is 23.2 Å². The Labute approximate surface area is 190 Å². The highest BCUT2D eigenvalue weighted by molar-refractivity contribution is 5.96. The van der Waals surface area contributed by atoms with Gasteiger partial charge in [0.15, 0.2) is 17.3 Å². The molecule has 3 aliphatic heterocycles. The second-order valence-electron chi connectivity index (χ2n) is 9.05. The molecule has 34 heavy (non-hydrogen) atoms. The van der Waals surface area contributed by atoms with Crippen molar-refractivity contribution < 1.29 is 26.8 Å². The van der Waals surface area contributed by atoms with Gasteiger partial charge in [0.25, 0.3) is 0 Å². The molecule has 0 radical (unpaired) electrons. The number of halogens is 4. The standard InChI is InChI=1S/C22H20F4N6O2/c1-11-5-32-17-13(4-21(7-27-9-28-8-21)19(32)12(2)33-11)3-14-18(16(17)23)34-30-20(14)31-6-15(29-10-31)22(24,25)26/h3,6-8,10-12,19H,4-5,9H2,1-2H3/t11-,12+,19-/m0/s1. The number of imidazole rings is 1. The Morgan fingerprint density at radius 2 is 1.94 bits per heavy atom. The Balaban J connectivity index is 1.54. The van der Waals surface area contributed by atoms with Crippen molar-refractivity contribution in [3.05, 3.63) is 35.7 Å². The first-order chi connectivity index (χ1) is 16.2. The van der Waals surface area contributed by atoms with Gasteiger partial charge in [0.2, 0.25) is 5.58 Å². The highest BCUT2D eigenvalue weighted by Crippen LogP contribution is 2.47. The zero-order valence-corrected chi connectivity index (χ0v) is 18.3.